The van der Waals surface area contributed by atoms with Crippen LogP contribution in [0.25, 0.3) is 16.3 Å². The minimum absolute atomic E-state index is 0.0460. The van der Waals surface area contributed by atoms with Crippen molar-refractivity contribution in [3.63, 3.8) is 0 Å². The predicted molar refractivity (Wildman–Crippen MR) is 109 cm³/mol. The zero-order chi connectivity index (χ0) is 18.6. The minimum atomic E-state index is 0.0460. The fourth-order valence-corrected chi connectivity index (χ4v) is 4.25. The van der Waals surface area contributed by atoms with Crippen LogP contribution in [0.5, 0.6) is 0 Å². The highest BCUT2D eigenvalue weighted by Crippen LogP contribution is 2.26. The average molecular weight is 395 g/mol. The number of hydrogen-bond donors (Lipinski definition) is 0. The van der Waals surface area contributed by atoms with Gasteiger partial charge in [-0.3, -0.25) is 4.79 Å². The van der Waals surface area contributed by atoms with E-state index in [9.17, 15) is 4.79 Å². The lowest BCUT2D eigenvalue weighted by Crippen LogP contribution is -2.27. The van der Waals surface area contributed by atoms with Gasteiger partial charge in [0.1, 0.15) is 5.01 Å². The van der Waals surface area contributed by atoms with Crippen molar-refractivity contribution in [2.45, 2.75) is 13.0 Å². The number of thiazole rings is 1. The van der Waals surface area contributed by atoms with E-state index in [4.69, 9.17) is 0 Å². The average Bonchev–Trinajstić information content (AvgIpc) is 3.44. The molecule has 0 fully saturated rings. The van der Waals surface area contributed by atoms with Crippen molar-refractivity contribution < 1.29 is 4.79 Å². The second-order valence-corrected chi connectivity index (χ2v) is 7.85. The lowest BCUT2D eigenvalue weighted by molar-refractivity contribution is -0.129. The van der Waals surface area contributed by atoms with Gasteiger partial charge in [-0.1, -0.05) is 18.2 Å². The Bertz CT molecular complexity index is 1020. The van der Waals surface area contributed by atoms with E-state index in [0.29, 0.717) is 13.0 Å². The van der Waals surface area contributed by atoms with E-state index in [0.717, 1.165) is 27.5 Å². The van der Waals surface area contributed by atoms with Gasteiger partial charge in [-0.05, 0) is 23.6 Å². The first-order chi connectivity index (χ1) is 13.2. The summed E-state index contributed by atoms with van der Waals surface area (Å²) >= 11 is 3.23. The molecule has 0 saturated heterocycles. The van der Waals surface area contributed by atoms with E-state index >= 15 is 0 Å². The lowest BCUT2D eigenvalue weighted by atomic mass is 10.2. The summed E-state index contributed by atoms with van der Waals surface area (Å²) in [6.45, 7) is 0.521. The second-order valence-electron chi connectivity index (χ2n) is 6.21. The number of carbonyl (C=O) groups excluding carboxylic acids is 1. The molecule has 3 heterocycles. The molecule has 1 amide bonds. The summed E-state index contributed by atoms with van der Waals surface area (Å²) in [5.74, 6) is 0.0460. The van der Waals surface area contributed by atoms with Crippen LogP contribution in [0.15, 0.2) is 64.9 Å². The Kier molecular flexibility index (Phi) is 5.13. The highest BCUT2D eigenvalue weighted by atomic mass is 32.1. The van der Waals surface area contributed by atoms with Gasteiger partial charge in [0, 0.05) is 41.7 Å². The quantitative estimate of drug-likeness (QED) is 0.491. The minimum Gasteiger partial charge on any atom is -0.341 e. The molecule has 0 unspecified atom stereocenters. The molecule has 4 aromatic rings. The summed E-state index contributed by atoms with van der Waals surface area (Å²) in [4.78, 5) is 18.9. The molecule has 4 rings (SSSR count). The van der Waals surface area contributed by atoms with Crippen molar-refractivity contribution >= 4 is 28.6 Å². The van der Waals surface area contributed by atoms with E-state index in [1.165, 1.54) is 0 Å². The third kappa shape index (κ3) is 4.15. The molecule has 0 radical (unpaired) electrons. The highest BCUT2D eigenvalue weighted by molar-refractivity contribution is 7.14. The zero-order valence-corrected chi connectivity index (χ0v) is 16.4. The van der Waals surface area contributed by atoms with Gasteiger partial charge in [0.25, 0.3) is 0 Å². The highest BCUT2D eigenvalue weighted by Gasteiger charge is 2.14. The molecule has 0 atom stereocenters. The molecule has 7 heteroatoms. The van der Waals surface area contributed by atoms with E-state index < -0.39 is 0 Å². The molecule has 0 aliphatic carbocycles. The summed E-state index contributed by atoms with van der Waals surface area (Å²) in [6, 6.07) is 12.0. The molecule has 0 bridgehead atoms. The number of thiophene rings is 1. The molecule has 0 N–H and O–H groups in total. The van der Waals surface area contributed by atoms with Crippen LogP contribution in [0.1, 0.15) is 11.3 Å². The van der Waals surface area contributed by atoms with Gasteiger partial charge in [0.15, 0.2) is 0 Å². The van der Waals surface area contributed by atoms with Crippen LogP contribution >= 0.6 is 22.7 Å². The Hall–Kier alpha value is -2.77. The van der Waals surface area contributed by atoms with Crippen LogP contribution < -0.4 is 0 Å². The number of rotatable bonds is 6. The van der Waals surface area contributed by atoms with E-state index in [1.807, 2.05) is 65.1 Å². The normalized spacial score (nSPS) is 10.9. The van der Waals surface area contributed by atoms with Crippen LogP contribution in [0.3, 0.4) is 0 Å². The fraction of sp³-hybridized carbons (Fsp3) is 0.150. The Morgan fingerprint density at radius 1 is 1.19 bits per heavy atom. The van der Waals surface area contributed by atoms with E-state index in [-0.39, 0.29) is 5.91 Å². The number of likely N-dealkylation sites (N-methyl/N-ethyl adjacent to an activating group) is 1. The standard InChI is InChI=1S/C20H18N4OS2/c1-23(11-15-10-21-24(12-15)18-5-3-2-4-6-18)19(25)9-17-14-27-20(22-17)16-7-8-26-13-16/h2-8,10,12-14H,9,11H2,1H3. The van der Waals surface area contributed by atoms with Gasteiger partial charge in [0.05, 0.1) is 24.0 Å². The number of carbonyl (C=O) groups is 1. The van der Waals surface area contributed by atoms with Crippen LogP contribution in [-0.2, 0) is 17.8 Å². The van der Waals surface area contributed by atoms with E-state index in [2.05, 4.69) is 15.5 Å². The molecule has 0 spiro atoms. The maximum Gasteiger partial charge on any atom is 0.228 e. The summed E-state index contributed by atoms with van der Waals surface area (Å²) in [7, 11) is 1.81. The Morgan fingerprint density at radius 3 is 2.81 bits per heavy atom. The summed E-state index contributed by atoms with van der Waals surface area (Å²) < 4.78 is 1.82. The van der Waals surface area contributed by atoms with Gasteiger partial charge >= 0.3 is 0 Å². The van der Waals surface area contributed by atoms with Crippen molar-refractivity contribution in [1.82, 2.24) is 19.7 Å². The number of nitrogens with zero attached hydrogens (tertiary/aromatic N) is 4. The number of aromatic nitrogens is 3. The van der Waals surface area contributed by atoms with Gasteiger partial charge in [-0.15, -0.1) is 11.3 Å². The molecule has 1 aromatic carbocycles. The third-order valence-corrected chi connectivity index (χ3v) is 5.78. The number of hydrogen-bond acceptors (Lipinski definition) is 5. The molecule has 0 aliphatic rings. The van der Waals surface area contributed by atoms with Crippen molar-refractivity contribution in [2.75, 3.05) is 7.05 Å². The maximum atomic E-state index is 12.6. The second kappa shape index (κ2) is 7.85. The number of amides is 1. The Labute approximate surface area is 165 Å². The largest absolute Gasteiger partial charge is 0.341 e. The van der Waals surface area contributed by atoms with Crippen LogP contribution in [0.2, 0.25) is 0 Å². The Balaban J connectivity index is 1.38. The van der Waals surface area contributed by atoms with Crippen LogP contribution in [-0.4, -0.2) is 32.6 Å². The molecular weight excluding hydrogens is 376 g/mol. The lowest BCUT2D eigenvalue weighted by Gasteiger charge is -2.15. The summed E-state index contributed by atoms with van der Waals surface area (Å²) in [5, 5.41) is 11.4. The first-order valence-electron chi connectivity index (χ1n) is 8.49. The molecule has 3 aromatic heterocycles. The van der Waals surface area contributed by atoms with Crippen molar-refractivity contribution in [3.05, 3.63) is 76.2 Å². The smallest absolute Gasteiger partial charge is 0.228 e. The predicted octanol–water partition coefficient (Wildman–Crippen LogP) is 4.26. The van der Waals surface area contributed by atoms with Crippen molar-refractivity contribution in [1.29, 1.82) is 0 Å². The van der Waals surface area contributed by atoms with Crippen molar-refractivity contribution in [2.24, 2.45) is 0 Å². The molecule has 5 nitrogen and oxygen atoms in total. The molecular formula is C20H18N4OS2. The molecule has 0 saturated carbocycles. The van der Waals surface area contributed by atoms with Crippen LogP contribution in [0.4, 0.5) is 0 Å². The Morgan fingerprint density at radius 2 is 2.04 bits per heavy atom. The maximum absolute atomic E-state index is 12.6. The third-order valence-electron chi connectivity index (χ3n) is 4.15. The van der Waals surface area contributed by atoms with E-state index in [1.54, 1.807) is 33.8 Å². The summed E-state index contributed by atoms with van der Waals surface area (Å²) in [5.41, 5.74) is 3.93. The number of benzene rings is 1. The van der Waals surface area contributed by atoms with Crippen LogP contribution in [0, 0.1) is 0 Å². The topological polar surface area (TPSA) is 51.0 Å². The van der Waals surface area contributed by atoms with Gasteiger partial charge in [0.2, 0.25) is 5.91 Å². The van der Waals surface area contributed by atoms with Gasteiger partial charge in [-0.25, -0.2) is 9.67 Å². The molecule has 27 heavy (non-hydrogen) atoms. The molecule has 0 aliphatic heterocycles. The first kappa shape index (κ1) is 17.6. The molecule has 136 valence electrons. The zero-order valence-electron chi connectivity index (χ0n) is 14.8. The van der Waals surface area contributed by atoms with Gasteiger partial charge < -0.3 is 4.90 Å². The number of para-hydroxylation sites is 1. The fourth-order valence-electron chi connectivity index (χ4n) is 2.72. The van der Waals surface area contributed by atoms with Gasteiger partial charge in [-0.2, -0.15) is 16.4 Å². The summed E-state index contributed by atoms with van der Waals surface area (Å²) in [6.07, 6.45) is 4.06. The monoisotopic (exact) mass is 394 g/mol. The first-order valence-corrected chi connectivity index (χ1v) is 10.3. The SMILES string of the molecule is CN(Cc1cnn(-c2ccccc2)c1)C(=O)Cc1csc(-c2ccsc2)n1. The van der Waals surface area contributed by atoms with Crippen molar-refractivity contribution in [3.8, 4) is 16.3 Å².